The molecule has 2 heterocycles. The number of hydrogen-bond acceptors (Lipinski definition) is 5. The lowest BCUT2D eigenvalue weighted by Crippen LogP contribution is -2.28. The highest BCUT2D eigenvalue weighted by Gasteiger charge is 2.29. The molecule has 30 heavy (non-hydrogen) atoms. The van der Waals surface area contributed by atoms with Gasteiger partial charge < -0.3 is 24.3 Å². The maximum atomic E-state index is 12.4. The van der Waals surface area contributed by atoms with Crippen molar-refractivity contribution in [3.8, 4) is 22.8 Å². The third kappa shape index (κ3) is 4.17. The minimum Gasteiger partial charge on any atom is -0.493 e. The van der Waals surface area contributed by atoms with Gasteiger partial charge in [-0.3, -0.25) is 9.59 Å². The van der Waals surface area contributed by atoms with Gasteiger partial charge in [0, 0.05) is 30.3 Å². The second-order valence-electron chi connectivity index (χ2n) is 7.67. The summed E-state index contributed by atoms with van der Waals surface area (Å²) < 4.78 is 13.1. The van der Waals surface area contributed by atoms with E-state index in [1.807, 2.05) is 24.5 Å². The predicted molar refractivity (Wildman–Crippen MR) is 110 cm³/mol. The Morgan fingerprint density at radius 2 is 1.93 bits per heavy atom. The highest BCUT2D eigenvalue weighted by molar-refractivity contribution is 5.88. The maximum absolute atomic E-state index is 12.4. The molecule has 0 aliphatic carbocycles. The number of benzene rings is 1. The number of ether oxygens (including phenoxy) is 2. The van der Waals surface area contributed by atoms with Crippen molar-refractivity contribution in [2.45, 2.75) is 39.2 Å². The molecule has 1 unspecified atom stereocenters. The Hall–Kier alpha value is -3.29. The first-order valence-electron chi connectivity index (χ1n) is 9.78. The lowest BCUT2D eigenvalue weighted by molar-refractivity contribution is -0.137. The zero-order valence-corrected chi connectivity index (χ0v) is 17.2. The number of aromatic carboxylic acids is 1. The van der Waals surface area contributed by atoms with Crippen LogP contribution in [0.15, 0.2) is 29.2 Å². The first-order chi connectivity index (χ1) is 14.2. The van der Waals surface area contributed by atoms with Crippen molar-refractivity contribution >= 4 is 11.9 Å². The third-order valence-corrected chi connectivity index (χ3v) is 5.32. The number of hydrogen-bond donors (Lipinski definition) is 2. The van der Waals surface area contributed by atoms with Crippen molar-refractivity contribution in [2.24, 2.45) is 5.92 Å². The predicted octanol–water partition coefficient (Wildman–Crippen LogP) is 3.22. The standard InChI is InChI=1S/C22H25NO7/c1-12(2)16-7-13-8-20(30-6-4-5-21(25)26)19(29-3)9-14(13)17-10-18(24)15(22(27)28)11-23(16)17/h8-12,16H,4-7H2,1-3H3,(H,25,26)(H,27,28). The summed E-state index contributed by atoms with van der Waals surface area (Å²) in [6.07, 6.45) is 2.46. The summed E-state index contributed by atoms with van der Waals surface area (Å²) in [5.41, 5.74) is 1.59. The van der Waals surface area contributed by atoms with Crippen molar-refractivity contribution < 1.29 is 29.3 Å². The largest absolute Gasteiger partial charge is 0.493 e. The number of rotatable bonds is 8. The van der Waals surface area contributed by atoms with E-state index in [-0.39, 0.29) is 30.6 Å². The molecule has 0 radical (unpaired) electrons. The summed E-state index contributed by atoms with van der Waals surface area (Å²) in [5.74, 6) is -0.941. The van der Waals surface area contributed by atoms with Crippen molar-refractivity contribution in [3.05, 3.63) is 45.7 Å². The molecule has 1 aromatic carbocycles. The number of pyridine rings is 1. The maximum Gasteiger partial charge on any atom is 0.341 e. The minimum atomic E-state index is -1.24. The second-order valence-corrected chi connectivity index (χ2v) is 7.67. The van der Waals surface area contributed by atoms with E-state index in [1.54, 1.807) is 6.07 Å². The Morgan fingerprint density at radius 3 is 2.53 bits per heavy atom. The van der Waals surface area contributed by atoms with E-state index in [4.69, 9.17) is 14.6 Å². The minimum absolute atomic E-state index is 0.0187. The van der Waals surface area contributed by atoms with Gasteiger partial charge in [-0.25, -0.2) is 4.79 Å². The van der Waals surface area contributed by atoms with E-state index in [9.17, 15) is 19.5 Å². The fourth-order valence-corrected chi connectivity index (χ4v) is 3.77. The van der Waals surface area contributed by atoms with Crippen LogP contribution in [0.2, 0.25) is 0 Å². The first kappa shape index (κ1) is 21.4. The molecule has 160 valence electrons. The number of nitrogens with zero attached hydrogens (tertiary/aromatic N) is 1. The molecular formula is C22H25NO7. The smallest absolute Gasteiger partial charge is 0.341 e. The first-order valence-corrected chi connectivity index (χ1v) is 9.78. The summed E-state index contributed by atoms with van der Waals surface area (Å²) in [7, 11) is 1.51. The van der Waals surface area contributed by atoms with Gasteiger partial charge in [-0.05, 0) is 36.5 Å². The molecule has 1 aromatic heterocycles. The number of aromatic nitrogens is 1. The number of carboxylic acids is 2. The highest BCUT2D eigenvalue weighted by atomic mass is 16.5. The average Bonchev–Trinajstić information content (AvgIpc) is 2.69. The molecule has 0 spiro atoms. The van der Waals surface area contributed by atoms with E-state index in [0.717, 1.165) is 11.1 Å². The van der Waals surface area contributed by atoms with Gasteiger partial charge in [-0.15, -0.1) is 0 Å². The zero-order valence-electron chi connectivity index (χ0n) is 17.2. The van der Waals surface area contributed by atoms with Crippen molar-refractivity contribution in [1.82, 2.24) is 4.57 Å². The topological polar surface area (TPSA) is 115 Å². The molecule has 3 rings (SSSR count). The van der Waals surface area contributed by atoms with Gasteiger partial charge in [0.2, 0.25) is 0 Å². The van der Waals surface area contributed by atoms with Crippen LogP contribution in [0.25, 0.3) is 11.3 Å². The van der Waals surface area contributed by atoms with Crippen LogP contribution >= 0.6 is 0 Å². The molecule has 0 saturated heterocycles. The molecule has 1 atom stereocenters. The summed E-state index contributed by atoms with van der Waals surface area (Å²) >= 11 is 0. The Morgan fingerprint density at radius 1 is 1.20 bits per heavy atom. The van der Waals surface area contributed by atoms with Crippen molar-refractivity contribution in [3.63, 3.8) is 0 Å². The van der Waals surface area contributed by atoms with E-state index in [0.29, 0.717) is 30.0 Å². The molecule has 1 aliphatic rings. The van der Waals surface area contributed by atoms with Crippen molar-refractivity contribution in [1.29, 1.82) is 0 Å². The van der Waals surface area contributed by atoms with Crippen LogP contribution in [0.5, 0.6) is 11.5 Å². The second kappa shape index (κ2) is 8.61. The number of methoxy groups -OCH3 is 1. The summed E-state index contributed by atoms with van der Waals surface area (Å²) in [4.78, 5) is 34.5. The van der Waals surface area contributed by atoms with Crippen LogP contribution < -0.4 is 14.9 Å². The molecule has 0 bridgehead atoms. The quantitative estimate of drug-likeness (QED) is 0.636. The van der Waals surface area contributed by atoms with E-state index >= 15 is 0 Å². The summed E-state index contributed by atoms with van der Waals surface area (Å²) in [6.45, 7) is 4.34. The van der Waals surface area contributed by atoms with Crippen molar-refractivity contribution in [2.75, 3.05) is 13.7 Å². The van der Waals surface area contributed by atoms with Crippen LogP contribution in [0, 0.1) is 5.92 Å². The number of fused-ring (bicyclic) bond motifs is 3. The SMILES string of the molecule is COc1cc2c(cc1OCCCC(=O)O)CC(C(C)C)n1cc(C(=O)O)c(=O)cc1-2. The number of aliphatic carboxylic acids is 1. The number of carboxylic acid groups (broad SMARTS) is 2. The van der Waals surface area contributed by atoms with Gasteiger partial charge in [-0.2, -0.15) is 0 Å². The van der Waals surface area contributed by atoms with E-state index < -0.39 is 17.4 Å². The molecule has 8 heteroatoms. The molecular weight excluding hydrogens is 390 g/mol. The van der Waals surface area contributed by atoms with Gasteiger partial charge in [0.15, 0.2) is 16.9 Å². The monoisotopic (exact) mass is 415 g/mol. The lowest BCUT2D eigenvalue weighted by atomic mass is 9.87. The Bertz CT molecular complexity index is 1040. The summed E-state index contributed by atoms with van der Waals surface area (Å²) in [6, 6.07) is 4.98. The van der Waals surface area contributed by atoms with E-state index in [1.165, 1.54) is 19.4 Å². The summed E-state index contributed by atoms with van der Waals surface area (Å²) in [5, 5.41) is 18.1. The Labute approximate surface area is 173 Å². The van der Waals surface area contributed by atoms with E-state index in [2.05, 4.69) is 0 Å². The van der Waals surface area contributed by atoms with Crippen LogP contribution in [-0.2, 0) is 11.2 Å². The fraction of sp³-hybridized carbons (Fsp3) is 0.409. The molecule has 0 saturated carbocycles. The van der Waals surface area contributed by atoms with Gasteiger partial charge in [0.1, 0.15) is 5.56 Å². The molecule has 0 fully saturated rings. The Balaban J connectivity index is 2.07. The fourth-order valence-electron chi connectivity index (χ4n) is 3.77. The van der Waals surface area contributed by atoms with Crippen LogP contribution in [-0.4, -0.2) is 40.4 Å². The molecule has 1 aliphatic heterocycles. The van der Waals surface area contributed by atoms with Crippen LogP contribution in [0.1, 0.15) is 48.7 Å². The number of carbonyl (C=O) groups is 2. The average molecular weight is 415 g/mol. The zero-order chi connectivity index (χ0) is 22.0. The highest BCUT2D eigenvalue weighted by Crippen LogP contribution is 2.42. The Kier molecular flexibility index (Phi) is 6.14. The van der Waals surface area contributed by atoms with Gasteiger partial charge in [0.05, 0.1) is 19.4 Å². The van der Waals surface area contributed by atoms with Gasteiger partial charge in [0.25, 0.3) is 0 Å². The lowest BCUT2D eigenvalue weighted by Gasteiger charge is -2.33. The molecule has 0 amide bonds. The molecule has 2 N–H and O–H groups in total. The normalized spacial score (nSPS) is 14.7. The van der Waals surface area contributed by atoms with Crippen LogP contribution in [0.4, 0.5) is 0 Å². The van der Waals surface area contributed by atoms with Gasteiger partial charge in [-0.1, -0.05) is 13.8 Å². The molecule has 8 nitrogen and oxygen atoms in total. The van der Waals surface area contributed by atoms with Gasteiger partial charge >= 0.3 is 11.9 Å². The third-order valence-electron chi connectivity index (χ3n) is 5.32. The van der Waals surface area contributed by atoms with Crippen LogP contribution in [0.3, 0.4) is 0 Å². The molecule has 2 aromatic rings.